The van der Waals surface area contributed by atoms with Crippen molar-refractivity contribution in [3.63, 3.8) is 0 Å². The Hall–Kier alpha value is -1.78. The summed E-state index contributed by atoms with van der Waals surface area (Å²) in [6, 6.07) is 2.82. The molecule has 0 aromatic heterocycles. The Morgan fingerprint density at radius 2 is 2.13 bits per heavy atom. The molecule has 0 radical (unpaired) electrons. The van der Waals surface area contributed by atoms with Gasteiger partial charge in [-0.25, -0.2) is 4.39 Å². The molecular formula is C10H17FN4. The normalized spacial score (nSPS) is 9.87. The van der Waals surface area contributed by atoms with Gasteiger partial charge in [0.1, 0.15) is 11.7 Å². The third kappa shape index (κ3) is 2.18. The lowest BCUT2D eigenvalue weighted by molar-refractivity contribution is 0.614. The predicted octanol–water partition coefficient (Wildman–Crippen LogP) is 1.58. The number of amidine groups is 1. The number of hydrogen-bond acceptors (Lipinski definition) is 3. The molecule has 1 aromatic carbocycles. The third-order valence-corrected chi connectivity index (χ3v) is 2.06. The highest BCUT2D eigenvalue weighted by atomic mass is 19.1. The van der Waals surface area contributed by atoms with Crippen LogP contribution in [0.4, 0.5) is 15.8 Å². The van der Waals surface area contributed by atoms with Crippen molar-refractivity contribution in [1.29, 1.82) is 5.41 Å². The summed E-state index contributed by atoms with van der Waals surface area (Å²) >= 11 is 0. The summed E-state index contributed by atoms with van der Waals surface area (Å²) in [6.45, 7) is 0. The van der Waals surface area contributed by atoms with E-state index in [1.54, 1.807) is 32.1 Å². The molecule has 15 heavy (non-hydrogen) atoms. The number of nitrogens with two attached hydrogens (primary N) is 1. The Morgan fingerprint density at radius 3 is 2.60 bits per heavy atom. The molecule has 0 amide bonds. The third-order valence-electron chi connectivity index (χ3n) is 2.06. The Morgan fingerprint density at radius 1 is 1.53 bits per heavy atom. The van der Waals surface area contributed by atoms with Crippen LogP contribution in [0, 0.1) is 11.2 Å². The Bertz CT molecular complexity index is 393. The van der Waals surface area contributed by atoms with Crippen molar-refractivity contribution in [1.82, 2.24) is 4.90 Å². The van der Waals surface area contributed by atoms with Crippen LogP contribution in [-0.2, 0) is 0 Å². The summed E-state index contributed by atoms with van der Waals surface area (Å²) in [6.07, 6.45) is 0. The molecule has 0 fully saturated rings. The van der Waals surface area contributed by atoms with E-state index in [1.807, 2.05) is 0 Å². The van der Waals surface area contributed by atoms with Gasteiger partial charge in [0.25, 0.3) is 0 Å². The fourth-order valence-corrected chi connectivity index (χ4v) is 1.31. The maximum absolute atomic E-state index is 13.5. The average Bonchev–Trinajstić information content (AvgIpc) is 2.15. The zero-order chi connectivity index (χ0) is 11.6. The summed E-state index contributed by atoms with van der Waals surface area (Å²) in [7, 11) is 5.06. The topological polar surface area (TPSA) is 65.1 Å². The van der Waals surface area contributed by atoms with Gasteiger partial charge in [0.05, 0.1) is 5.69 Å². The SMILES string of the molecule is CNc1c(F)cc(N)cc1C(=N)N(C)C.[HH]. The predicted molar refractivity (Wildman–Crippen MR) is 63.0 cm³/mol. The lowest BCUT2D eigenvalue weighted by Gasteiger charge is -2.17. The number of anilines is 2. The van der Waals surface area contributed by atoms with Crippen LogP contribution < -0.4 is 11.1 Å². The highest BCUT2D eigenvalue weighted by Crippen LogP contribution is 2.23. The molecule has 0 aliphatic carbocycles. The van der Waals surface area contributed by atoms with Gasteiger partial charge in [0, 0.05) is 33.8 Å². The standard InChI is InChI=1S/C10H15FN4.H2/c1-14-9-7(10(13)15(2)3)4-6(12)5-8(9)11;/h4-5,13-14H,12H2,1-3H3;1H. The smallest absolute Gasteiger partial charge is 0.149 e. The van der Waals surface area contributed by atoms with Gasteiger partial charge in [0.15, 0.2) is 0 Å². The molecule has 4 nitrogen and oxygen atoms in total. The summed E-state index contributed by atoms with van der Waals surface area (Å²) in [5, 5.41) is 10.5. The zero-order valence-electron chi connectivity index (χ0n) is 9.06. The molecule has 0 heterocycles. The molecular weight excluding hydrogens is 195 g/mol. The number of hydrogen-bond donors (Lipinski definition) is 3. The van der Waals surface area contributed by atoms with E-state index in [-0.39, 0.29) is 7.26 Å². The van der Waals surface area contributed by atoms with Crippen LogP contribution in [0.3, 0.4) is 0 Å². The van der Waals surface area contributed by atoms with Crippen LogP contribution >= 0.6 is 0 Å². The largest absolute Gasteiger partial charge is 0.399 e. The highest BCUT2D eigenvalue weighted by Gasteiger charge is 2.13. The first-order valence-electron chi connectivity index (χ1n) is 4.50. The second-order valence-electron chi connectivity index (χ2n) is 3.42. The molecule has 0 spiro atoms. The van der Waals surface area contributed by atoms with Gasteiger partial charge in [-0.15, -0.1) is 0 Å². The van der Waals surface area contributed by atoms with E-state index in [9.17, 15) is 4.39 Å². The fourth-order valence-electron chi connectivity index (χ4n) is 1.31. The van der Waals surface area contributed by atoms with Gasteiger partial charge >= 0.3 is 0 Å². The van der Waals surface area contributed by atoms with E-state index >= 15 is 0 Å². The number of nitrogens with one attached hydrogen (secondary N) is 2. The second kappa shape index (κ2) is 4.16. The van der Waals surface area contributed by atoms with Crippen molar-refractivity contribution in [3.05, 3.63) is 23.5 Å². The minimum absolute atomic E-state index is 0. The molecule has 4 N–H and O–H groups in total. The number of halogens is 1. The van der Waals surface area contributed by atoms with Crippen LogP contribution in [0.25, 0.3) is 0 Å². The van der Waals surface area contributed by atoms with E-state index < -0.39 is 5.82 Å². The first kappa shape index (κ1) is 11.3. The van der Waals surface area contributed by atoms with Crippen molar-refractivity contribution in [2.75, 3.05) is 32.2 Å². The fraction of sp³-hybridized carbons (Fsp3) is 0.300. The van der Waals surface area contributed by atoms with Gasteiger partial charge in [-0.1, -0.05) is 0 Å². The maximum Gasteiger partial charge on any atom is 0.149 e. The number of nitrogens with zero attached hydrogens (tertiary/aromatic N) is 1. The van der Waals surface area contributed by atoms with Crippen molar-refractivity contribution in [2.24, 2.45) is 0 Å². The Labute approximate surface area is 89.9 Å². The van der Waals surface area contributed by atoms with E-state index in [1.165, 1.54) is 6.07 Å². The summed E-state index contributed by atoms with van der Waals surface area (Å²) in [4.78, 5) is 1.59. The van der Waals surface area contributed by atoms with Crippen molar-refractivity contribution in [2.45, 2.75) is 0 Å². The average molecular weight is 212 g/mol. The number of nitrogen functional groups attached to an aromatic ring is 1. The van der Waals surface area contributed by atoms with E-state index in [2.05, 4.69) is 5.32 Å². The molecule has 0 aliphatic rings. The second-order valence-corrected chi connectivity index (χ2v) is 3.42. The lowest BCUT2D eigenvalue weighted by atomic mass is 10.1. The molecule has 1 aromatic rings. The Kier molecular flexibility index (Phi) is 3.14. The zero-order valence-corrected chi connectivity index (χ0v) is 9.06. The Balaban J connectivity index is 0.00000225. The van der Waals surface area contributed by atoms with E-state index in [0.717, 1.165) is 0 Å². The van der Waals surface area contributed by atoms with Crippen molar-refractivity contribution < 1.29 is 5.82 Å². The van der Waals surface area contributed by atoms with Gasteiger partial charge in [-0.05, 0) is 12.1 Å². The number of benzene rings is 1. The molecule has 0 atom stereocenters. The van der Waals surface area contributed by atoms with Crippen molar-refractivity contribution in [3.8, 4) is 0 Å². The lowest BCUT2D eigenvalue weighted by Crippen LogP contribution is -2.23. The molecule has 1 rings (SSSR count). The quantitative estimate of drug-likeness (QED) is 0.396. The minimum Gasteiger partial charge on any atom is -0.399 e. The van der Waals surface area contributed by atoms with Crippen LogP contribution in [0.1, 0.15) is 6.99 Å². The monoisotopic (exact) mass is 212 g/mol. The van der Waals surface area contributed by atoms with Gasteiger partial charge < -0.3 is 16.0 Å². The molecule has 0 unspecified atom stereocenters. The molecule has 0 aliphatic heterocycles. The van der Waals surface area contributed by atoms with E-state index in [4.69, 9.17) is 11.1 Å². The molecule has 0 saturated carbocycles. The van der Waals surface area contributed by atoms with Crippen LogP contribution in [0.15, 0.2) is 12.1 Å². The van der Waals surface area contributed by atoms with E-state index in [0.29, 0.717) is 16.9 Å². The number of rotatable bonds is 2. The highest BCUT2D eigenvalue weighted by molar-refractivity contribution is 6.02. The molecule has 0 saturated heterocycles. The minimum atomic E-state index is -0.445. The molecule has 0 bridgehead atoms. The van der Waals surface area contributed by atoms with Crippen LogP contribution in [0.2, 0.25) is 0 Å². The van der Waals surface area contributed by atoms with Crippen LogP contribution in [-0.4, -0.2) is 31.9 Å². The first-order chi connectivity index (χ1) is 6.97. The maximum atomic E-state index is 13.5. The summed E-state index contributed by atoms with van der Waals surface area (Å²) in [5.74, 6) is -0.232. The van der Waals surface area contributed by atoms with Crippen LogP contribution in [0.5, 0.6) is 0 Å². The van der Waals surface area contributed by atoms with Gasteiger partial charge in [0.2, 0.25) is 0 Å². The van der Waals surface area contributed by atoms with Gasteiger partial charge in [-0.3, -0.25) is 5.41 Å². The molecule has 5 heteroatoms. The van der Waals surface area contributed by atoms with Gasteiger partial charge in [-0.2, -0.15) is 0 Å². The van der Waals surface area contributed by atoms with Crippen molar-refractivity contribution >= 4 is 17.2 Å². The molecule has 84 valence electrons. The first-order valence-corrected chi connectivity index (χ1v) is 4.50. The summed E-state index contributed by atoms with van der Waals surface area (Å²) < 4.78 is 13.5. The summed E-state index contributed by atoms with van der Waals surface area (Å²) in [5.41, 5.74) is 6.60.